The van der Waals surface area contributed by atoms with Crippen molar-refractivity contribution in [2.75, 3.05) is 37.7 Å². The first-order valence-electron chi connectivity index (χ1n) is 18.4. The van der Waals surface area contributed by atoms with E-state index in [4.69, 9.17) is 26.2 Å². The van der Waals surface area contributed by atoms with Gasteiger partial charge in [-0.15, -0.1) is 6.42 Å². The molecule has 0 saturated carbocycles. The van der Waals surface area contributed by atoms with Crippen LogP contribution in [0, 0.1) is 24.0 Å². The lowest BCUT2D eigenvalue weighted by molar-refractivity contribution is 0.0628. The van der Waals surface area contributed by atoms with Crippen LogP contribution in [-0.4, -0.2) is 112 Å². The van der Waals surface area contributed by atoms with Crippen molar-refractivity contribution < 1.29 is 27.8 Å². The van der Waals surface area contributed by atoms with Crippen molar-refractivity contribution in [1.29, 1.82) is 0 Å². The minimum Gasteiger partial charge on any atom is -0.508 e. The molecular formula is C39H35F3N10O3. The molecule has 4 fully saturated rings. The number of nitrogens with one attached hydrogen (secondary N) is 1. The molecule has 4 atom stereocenters. The van der Waals surface area contributed by atoms with E-state index in [2.05, 4.69) is 26.0 Å². The van der Waals surface area contributed by atoms with Gasteiger partial charge in [-0.05, 0) is 61.4 Å². The number of alkyl halides is 1. The summed E-state index contributed by atoms with van der Waals surface area (Å²) >= 11 is 0. The molecule has 280 valence electrons. The van der Waals surface area contributed by atoms with Crippen LogP contribution < -0.4 is 9.64 Å². The molecule has 2 N–H and O–H groups in total. The van der Waals surface area contributed by atoms with E-state index in [1.54, 1.807) is 17.9 Å². The second kappa shape index (κ2) is 12.3. The number of amides is 1. The fourth-order valence-electron chi connectivity index (χ4n) is 9.70. The van der Waals surface area contributed by atoms with Crippen molar-refractivity contribution in [1.82, 2.24) is 44.7 Å². The van der Waals surface area contributed by atoms with Gasteiger partial charge in [0.05, 0.1) is 28.6 Å². The number of nitrogens with zero attached hydrogens (tertiary/aromatic N) is 9. The number of rotatable bonds is 6. The van der Waals surface area contributed by atoms with Crippen molar-refractivity contribution in [3.8, 4) is 35.2 Å². The molecule has 0 radical (unpaired) electrons. The van der Waals surface area contributed by atoms with Gasteiger partial charge in [0.2, 0.25) is 5.82 Å². The molecule has 3 aromatic carbocycles. The Balaban J connectivity index is 1.17. The number of terminal acetylenes is 1. The average Bonchev–Trinajstić information content (AvgIpc) is 4.00. The third-order valence-electron chi connectivity index (χ3n) is 12.0. The topological polar surface area (TPSA) is 141 Å². The summed E-state index contributed by atoms with van der Waals surface area (Å²) in [7, 11) is 1.71. The molecule has 2 bridgehead atoms. The highest BCUT2D eigenvalue weighted by atomic mass is 19.1. The SMILES string of the molecule is C#Cc1c(F)ccc2cc(O)cc(-c3c(F)c4nc(OC[C@@]56CCCN5C[C@H](F)C6)nc(N5C[C@H]6CC[C@@H](C5)N6C(=O)c5ncn[nH]5)c4c4cn(C)nc34)c12. The van der Waals surface area contributed by atoms with E-state index >= 15 is 8.78 Å². The van der Waals surface area contributed by atoms with Gasteiger partial charge >= 0.3 is 6.01 Å². The zero-order chi connectivity index (χ0) is 37.7. The lowest BCUT2D eigenvalue weighted by Gasteiger charge is -2.41. The molecule has 6 aromatic rings. The van der Waals surface area contributed by atoms with E-state index in [0.29, 0.717) is 48.0 Å². The molecule has 10 rings (SSSR count). The number of aromatic amines is 1. The van der Waals surface area contributed by atoms with Crippen LogP contribution in [0.2, 0.25) is 0 Å². The number of aromatic hydroxyl groups is 1. The Hall–Kier alpha value is -5.95. The molecular weight excluding hydrogens is 713 g/mol. The van der Waals surface area contributed by atoms with E-state index in [1.807, 2.05) is 9.80 Å². The molecule has 16 heteroatoms. The van der Waals surface area contributed by atoms with Gasteiger partial charge in [-0.1, -0.05) is 12.0 Å². The van der Waals surface area contributed by atoms with Crippen molar-refractivity contribution in [2.24, 2.45) is 7.05 Å². The molecule has 55 heavy (non-hydrogen) atoms. The maximum Gasteiger partial charge on any atom is 0.319 e. The number of carbonyl (C=O) groups excluding carboxylic acids is 1. The van der Waals surface area contributed by atoms with Crippen molar-refractivity contribution in [3.63, 3.8) is 0 Å². The quantitative estimate of drug-likeness (QED) is 0.227. The fraction of sp³-hybridized carbons (Fsp3) is 0.385. The molecule has 1 amide bonds. The molecule has 3 aromatic heterocycles. The summed E-state index contributed by atoms with van der Waals surface area (Å²) in [5.74, 6) is 1.10. The maximum absolute atomic E-state index is 17.7. The Bertz CT molecular complexity index is 2590. The van der Waals surface area contributed by atoms with Crippen molar-refractivity contribution in [2.45, 2.75) is 55.9 Å². The van der Waals surface area contributed by atoms with Crippen LogP contribution in [0.15, 0.2) is 36.8 Å². The van der Waals surface area contributed by atoms with Crippen LogP contribution in [0.25, 0.3) is 43.7 Å². The standard InChI is InChI=1S/C39H35F3N10O3/c1-3-25-28(41)8-5-20-11-24(53)12-26(29(20)25)30-32(42)34-31(27-17-49(2)48-33(27)30)36(46-38(45-34)55-18-39-9-4-10-51(39)14-21(40)13-39)50-15-22-6-7-23(16-50)52(22)37(54)35-43-19-44-47-35/h1,5,8,11-12,17,19,21-23,53H,4,6-7,9-10,13-16,18H2,2H3,(H,43,44,47)/t21-,22-,23+,39+/m1/s1. The molecule has 4 aliphatic rings. The minimum atomic E-state index is -0.975. The van der Waals surface area contributed by atoms with Crippen LogP contribution in [0.3, 0.4) is 0 Å². The number of benzene rings is 3. The van der Waals surface area contributed by atoms with Gasteiger partial charge in [0.15, 0.2) is 5.82 Å². The van der Waals surface area contributed by atoms with Gasteiger partial charge in [-0.3, -0.25) is 19.5 Å². The summed E-state index contributed by atoms with van der Waals surface area (Å²) in [5, 5.41) is 23.6. The first-order valence-corrected chi connectivity index (χ1v) is 18.4. The number of H-pyrrole nitrogens is 1. The van der Waals surface area contributed by atoms with Gasteiger partial charge in [0, 0.05) is 55.6 Å². The Kier molecular flexibility index (Phi) is 7.51. The molecule has 0 aliphatic carbocycles. The number of ether oxygens (including phenoxy) is 1. The van der Waals surface area contributed by atoms with E-state index < -0.39 is 23.3 Å². The van der Waals surface area contributed by atoms with Crippen LogP contribution in [0.4, 0.5) is 19.0 Å². The number of phenols is 1. The third-order valence-corrected chi connectivity index (χ3v) is 12.0. The first kappa shape index (κ1) is 33.6. The molecule has 4 saturated heterocycles. The normalized spacial score (nSPS) is 23.7. The number of piperazine rings is 1. The van der Waals surface area contributed by atoms with Gasteiger partial charge in [-0.25, -0.2) is 18.2 Å². The number of fused-ring (bicyclic) bond motifs is 7. The van der Waals surface area contributed by atoms with Crippen molar-refractivity contribution >= 4 is 44.3 Å². The number of carbonyl (C=O) groups is 1. The molecule has 13 nitrogen and oxygen atoms in total. The fourth-order valence-corrected chi connectivity index (χ4v) is 9.70. The highest BCUT2D eigenvalue weighted by Gasteiger charge is 2.50. The van der Waals surface area contributed by atoms with Crippen LogP contribution in [0.1, 0.15) is 48.3 Å². The largest absolute Gasteiger partial charge is 0.508 e. The summed E-state index contributed by atoms with van der Waals surface area (Å²) in [4.78, 5) is 33.3. The second-order valence-corrected chi connectivity index (χ2v) is 15.2. The van der Waals surface area contributed by atoms with Gasteiger partial charge in [0.25, 0.3) is 5.91 Å². The third kappa shape index (κ3) is 5.12. The van der Waals surface area contributed by atoms with Gasteiger partial charge < -0.3 is 19.6 Å². The zero-order valence-corrected chi connectivity index (χ0v) is 29.8. The summed E-state index contributed by atoms with van der Waals surface area (Å²) in [6.45, 7) is 1.99. The number of aromatic nitrogens is 7. The highest BCUT2D eigenvalue weighted by molar-refractivity contribution is 6.18. The van der Waals surface area contributed by atoms with Crippen LogP contribution in [-0.2, 0) is 7.05 Å². The molecule has 7 heterocycles. The van der Waals surface area contributed by atoms with Crippen molar-refractivity contribution in [3.05, 3.63) is 59.8 Å². The lowest BCUT2D eigenvalue weighted by Crippen LogP contribution is -2.56. The number of halogens is 3. The zero-order valence-electron chi connectivity index (χ0n) is 29.8. The van der Waals surface area contributed by atoms with Gasteiger partial charge in [0.1, 0.15) is 47.5 Å². The second-order valence-electron chi connectivity index (χ2n) is 15.2. The van der Waals surface area contributed by atoms with Gasteiger partial charge in [-0.2, -0.15) is 20.2 Å². The first-order chi connectivity index (χ1) is 26.6. The van der Waals surface area contributed by atoms with E-state index in [1.165, 1.54) is 30.6 Å². The van der Waals surface area contributed by atoms with E-state index in [0.717, 1.165) is 32.2 Å². The smallest absolute Gasteiger partial charge is 0.319 e. The number of aryl methyl sites for hydroxylation is 1. The Morgan fingerprint density at radius 1 is 1.13 bits per heavy atom. The van der Waals surface area contributed by atoms with E-state index in [-0.39, 0.29) is 75.3 Å². The monoisotopic (exact) mass is 748 g/mol. The number of hydrogen-bond donors (Lipinski definition) is 2. The molecule has 0 spiro atoms. The van der Waals surface area contributed by atoms with Crippen LogP contribution >= 0.6 is 0 Å². The summed E-state index contributed by atoms with van der Waals surface area (Å²) in [5.41, 5.74) is -0.329. The molecule has 0 unspecified atom stereocenters. The van der Waals surface area contributed by atoms with E-state index in [9.17, 15) is 14.3 Å². The Labute approximate surface area is 312 Å². The highest BCUT2D eigenvalue weighted by Crippen LogP contribution is 2.46. The number of phenolic OH excluding ortho intramolecular Hbond substituents is 1. The Morgan fingerprint density at radius 2 is 1.95 bits per heavy atom. The lowest BCUT2D eigenvalue weighted by atomic mass is 9.91. The summed E-state index contributed by atoms with van der Waals surface area (Å²) < 4.78 is 55.6. The Morgan fingerprint density at radius 3 is 2.71 bits per heavy atom. The number of anilines is 1. The maximum atomic E-state index is 17.7. The minimum absolute atomic E-state index is 0.0270. The number of hydrogen-bond acceptors (Lipinski definition) is 10. The van der Waals surface area contributed by atoms with Crippen LogP contribution in [0.5, 0.6) is 11.8 Å². The predicted octanol–water partition coefficient (Wildman–Crippen LogP) is 4.87. The summed E-state index contributed by atoms with van der Waals surface area (Å²) in [6.07, 6.45) is 11.4. The molecule has 4 aliphatic heterocycles. The average molecular weight is 749 g/mol. The predicted molar refractivity (Wildman–Crippen MR) is 196 cm³/mol. The summed E-state index contributed by atoms with van der Waals surface area (Å²) in [6, 6.07) is 5.02.